The third kappa shape index (κ3) is 1.65. The molecule has 2 N–H and O–H groups in total. The van der Waals surface area contributed by atoms with Gasteiger partial charge < -0.3 is 10.6 Å². The number of likely N-dealkylation sites (N-methyl/N-ethyl adjacent to an activating group) is 1. The highest BCUT2D eigenvalue weighted by Gasteiger charge is 2.49. The lowest BCUT2D eigenvalue weighted by molar-refractivity contribution is -0.135. The molecule has 0 heterocycles. The molecule has 2 rings (SSSR count). The largest absolute Gasteiger partial charge is 0.338 e. The first-order chi connectivity index (χ1) is 6.67. The van der Waals surface area contributed by atoms with Crippen LogP contribution in [-0.4, -0.2) is 28.9 Å². The maximum absolute atomic E-state index is 12.0. The number of nitrogens with two attached hydrogens (primary N) is 1. The molecule has 2 aliphatic rings. The van der Waals surface area contributed by atoms with E-state index in [9.17, 15) is 4.79 Å². The SMILES string of the molecule is CCN(C(=O)C1(N)CC1)C1CCCC1. The second-order valence-electron chi connectivity index (χ2n) is 4.69. The van der Waals surface area contributed by atoms with E-state index in [1.54, 1.807) is 0 Å². The Kier molecular flexibility index (Phi) is 2.52. The highest BCUT2D eigenvalue weighted by atomic mass is 16.2. The molecule has 0 spiro atoms. The standard InChI is InChI=1S/C11H20N2O/c1-2-13(9-5-3-4-6-9)10(14)11(12)7-8-11/h9H,2-8,12H2,1H3. The number of hydrogen-bond acceptors (Lipinski definition) is 2. The Morgan fingerprint density at radius 2 is 2.00 bits per heavy atom. The molecular weight excluding hydrogens is 176 g/mol. The van der Waals surface area contributed by atoms with Crippen LogP contribution in [0.4, 0.5) is 0 Å². The smallest absolute Gasteiger partial charge is 0.242 e. The van der Waals surface area contributed by atoms with Gasteiger partial charge in [-0.25, -0.2) is 0 Å². The number of hydrogen-bond donors (Lipinski definition) is 1. The van der Waals surface area contributed by atoms with E-state index in [4.69, 9.17) is 5.73 Å². The van der Waals surface area contributed by atoms with E-state index < -0.39 is 5.54 Å². The minimum atomic E-state index is -0.474. The van der Waals surface area contributed by atoms with E-state index in [1.165, 1.54) is 25.7 Å². The summed E-state index contributed by atoms with van der Waals surface area (Å²) in [6, 6.07) is 0.480. The third-order valence-electron chi connectivity index (χ3n) is 3.58. The lowest BCUT2D eigenvalue weighted by atomic mass is 10.1. The summed E-state index contributed by atoms with van der Waals surface area (Å²) in [5.74, 6) is 0.201. The minimum Gasteiger partial charge on any atom is -0.338 e. The maximum atomic E-state index is 12.0. The van der Waals surface area contributed by atoms with Crippen LogP contribution in [0.2, 0.25) is 0 Å². The summed E-state index contributed by atoms with van der Waals surface area (Å²) in [4.78, 5) is 14.1. The summed E-state index contributed by atoms with van der Waals surface area (Å²) < 4.78 is 0. The van der Waals surface area contributed by atoms with Crippen LogP contribution in [0.25, 0.3) is 0 Å². The molecule has 0 atom stereocenters. The maximum Gasteiger partial charge on any atom is 0.242 e. The number of nitrogens with zero attached hydrogens (tertiary/aromatic N) is 1. The number of carbonyl (C=O) groups excluding carboxylic acids is 1. The van der Waals surface area contributed by atoms with Gasteiger partial charge in [0.1, 0.15) is 0 Å². The molecule has 3 heteroatoms. The van der Waals surface area contributed by atoms with Crippen molar-refractivity contribution in [3.05, 3.63) is 0 Å². The van der Waals surface area contributed by atoms with Crippen LogP contribution in [0.1, 0.15) is 45.4 Å². The Labute approximate surface area is 85.6 Å². The Morgan fingerprint density at radius 1 is 1.43 bits per heavy atom. The summed E-state index contributed by atoms with van der Waals surface area (Å²) in [5.41, 5.74) is 5.47. The summed E-state index contributed by atoms with van der Waals surface area (Å²) in [7, 11) is 0. The van der Waals surface area contributed by atoms with Crippen LogP contribution in [0, 0.1) is 0 Å². The van der Waals surface area contributed by atoms with Gasteiger partial charge in [-0.05, 0) is 32.6 Å². The lowest BCUT2D eigenvalue weighted by Gasteiger charge is -2.30. The Morgan fingerprint density at radius 3 is 2.43 bits per heavy atom. The Hall–Kier alpha value is -0.570. The van der Waals surface area contributed by atoms with Crippen molar-refractivity contribution in [2.45, 2.75) is 57.0 Å². The van der Waals surface area contributed by atoms with Gasteiger partial charge in [-0.3, -0.25) is 4.79 Å². The van der Waals surface area contributed by atoms with Crippen LogP contribution in [-0.2, 0) is 4.79 Å². The predicted octanol–water partition coefficient (Wildman–Crippen LogP) is 1.27. The highest BCUT2D eigenvalue weighted by molar-refractivity contribution is 5.89. The van der Waals surface area contributed by atoms with Gasteiger partial charge in [0, 0.05) is 12.6 Å². The summed E-state index contributed by atoms with van der Waals surface area (Å²) >= 11 is 0. The van der Waals surface area contributed by atoms with Crippen LogP contribution in [0.3, 0.4) is 0 Å². The average molecular weight is 196 g/mol. The Balaban J connectivity index is 2.01. The van der Waals surface area contributed by atoms with Gasteiger partial charge in [-0.1, -0.05) is 12.8 Å². The topological polar surface area (TPSA) is 46.3 Å². The van der Waals surface area contributed by atoms with Gasteiger partial charge in [0.15, 0.2) is 0 Å². The fourth-order valence-corrected chi connectivity index (χ4v) is 2.42. The molecule has 2 saturated carbocycles. The number of rotatable bonds is 3. The van der Waals surface area contributed by atoms with Crippen molar-refractivity contribution in [1.82, 2.24) is 4.90 Å². The van der Waals surface area contributed by atoms with Gasteiger partial charge in [-0.2, -0.15) is 0 Å². The van der Waals surface area contributed by atoms with Gasteiger partial charge in [-0.15, -0.1) is 0 Å². The van der Waals surface area contributed by atoms with E-state index in [1.807, 2.05) is 4.90 Å². The quantitative estimate of drug-likeness (QED) is 0.739. The van der Waals surface area contributed by atoms with Crippen molar-refractivity contribution in [1.29, 1.82) is 0 Å². The van der Waals surface area contributed by atoms with E-state index in [0.717, 1.165) is 19.4 Å². The minimum absolute atomic E-state index is 0.201. The van der Waals surface area contributed by atoms with Crippen LogP contribution >= 0.6 is 0 Å². The van der Waals surface area contributed by atoms with Gasteiger partial charge in [0.2, 0.25) is 5.91 Å². The normalized spacial score (nSPS) is 25.0. The van der Waals surface area contributed by atoms with Gasteiger partial charge >= 0.3 is 0 Å². The van der Waals surface area contributed by atoms with E-state index in [2.05, 4.69) is 6.92 Å². The molecule has 0 unspecified atom stereocenters. The molecule has 0 saturated heterocycles. The van der Waals surface area contributed by atoms with E-state index in [0.29, 0.717) is 6.04 Å². The molecule has 0 radical (unpaired) electrons. The van der Waals surface area contributed by atoms with Gasteiger partial charge in [0.05, 0.1) is 5.54 Å². The zero-order valence-electron chi connectivity index (χ0n) is 8.96. The number of amides is 1. The second kappa shape index (κ2) is 3.54. The molecule has 0 aromatic heterocycles. The molecule has 14 heavy (non-hydrogen) atoms. The first-order valence-electron chi connectivity index (χ1n) is 5.77. The summed E-state index contributed by atoms with van der Waals surface area (Å²) in [6.07, 6.45) is 6.66. The third-order valence-corrected chi connectivity index (χ3v) is 3.58. The lowest BCUT2D eigenvalue weighted by Crippen LogP contribution is -2.49. The molecule has 80 valence electrons. The van der Waals surface area contributed by atoms with Crippen molar-refractivity contribution < 1.29 is 4.79 Å². The van der Waals surface area contributed by atoms with Crippen molar-refractivity contribution in [2.75, 3.05) is 6.54 Å². The average Bonchev–Trinajstić information content (AvgIpc) is 2.73. The van der Waals surface area contributed by atoms with Crippen LogP contribution < -0.4 is 5.73 Å². The van der Waals surface area contributed by atoms with Crippen molar-refractivity contribution in [3.63, 3.8) is 0 Å². The first-order valence-corrected chi connectivity index (χ1v) is 5.77. The molecule has 0 aromatic carbocycles. The van der Waals surface area contributed by atoms with Crippen molar-refractivity contribution in [2.24, 2.45) is 5.73 Å². The van der Waals surface area contributed by atoms with Crippen molar-refractivity contribution >= 4 is 5.91 Å². The highest BCUT2D eigenvalue weighted by Crippen LogP contribution is 2.36. The second-order valence-corrected chi connectivity index (χ2v) is 4.69. The fourth-order valence-electron chi connectivity index (χ4n) is 2.42. The molecule has 0 aliphatic heterocycles. The molecule has 2 fully saturated rings. The van der Waals surface area contributed by atoms with Gasteiger partial charge in [0.25, 0.3) is 0 Å². The molecular formula is C11H20N2O. The molecule has 3 nitrogen and oxygen atoms in total. The zero-order chi connectivity index (χ0) is 10.2. The predicted molar refractivity (Wildman–Crippen MR) is 55.8 cm³/mol. The van der Waals surface area contributed by atoms with Crippen LogP contribution in [0.15, 0.2) is 0 Å². The first kappa shape index (κ1) is 9.97. The molecule has 2 aliphatic carbocycles. The van der Waals surface area contributed by atoms with E-state index >= 15 is 0 Å². The Bertz CT molecular complexity index is 229. The summed E-state index contributed by atoms with van der Waals surface area (Å²) in [6.45, 7) is 2.88. The van der Waals surface area contributed by atoms with Crippen molar-refractivity contribution in [3.8, 4) is 0 Å². The van der Waals surface area contributed by atoms with E-state index in [-0.39, 0.29) is 5.91 Å². The molecule has 0 bridgehead atoms. The fraction of sp³-hybridized carbons (Fsp3) is 0.909. The summed E-state index contributed by atoms with van der Waals surface area (Å²) in [5, 5.41) is 0. The molecule has 0 aromatic rings. The number of carbonyl (C=O) groups is 1. The van der Waals surface area contributed by atoms with Crippen LogP contribution in [0.5, 0.6) is 0 Å². The molecule has 1 amide bonds. The zero-order valence-corrected chi connectivity index (χ0v) is 8.96. The monoisotopic (exact) mass is 196 g/mol.